The average molecular weight is 665 g/mol. The molecule has 0 radical (unpaired) electrons. The molecule has 0 amide bonds. The van der Waals surface area contributed by atoms with E-state index in [1.54, 1.807) is 6.20 Å². The molecule has 12 aromatic rings. The quantitative estimate of drug-likeness (QED) is 0.189. The van der Waals surface area contributed by atoms with Crippen molar-refractivity contribution in [2.24, 2.45) is 0 Å². The second-order valence-corrected chi connectivity index (χ2v) is 13.6. The van der Waals surface area contributed by atoms with E-state index in [2.05, 4.69) is 170 Å². The van der Waals surface area contributed by atoms with Crippen LogP contribution in [0.3, 0.4) is 0 Å². The van der Waals surface area contributed by atoms with Gasteiger partial charge < -0.3 is 18.1 Å². The lowest BCUT2D eigenvalue weighted by atomic mass is 10.1. The van der Waals surface area contributed by atoms with Crippen LogP contribution in [0.5, 0.6) is 0 Å². The Kier molecular flexibility index (Phi) is 5.44. The van der Waals surface area contributed by atoms with E-state index in [1.807, 2.05) is 12.3 Å². The van der Waals surface area contributed by atoms with Gasteiger partial charge in [-0.15, -0.1) is 0 Å². The molecule has 0 saturated heterocycles. The highest BCUT2D eigenvalue weighted by molar-refractivity contribution is 6.15. The Hall–Kier alpha value is -7.11. The van der Waals surface area contributed by atoms with Crippen molar-refractivity contribution in [1.82, 2.24) is 18.7 Å². The van der Waals surface area contributed by atoms with E-state index in [9.17, 15) is 0 Å². The average Bonchev–Trinajstić information content (AvgIpc) is 3.94. The van der Waals surface area contributed by atoms with Crippen LogP contribution in [0.4, 0.5) is 0 Å². The number of hydrogen-bond acceptors (Lipinski definition) is 2. The van der Waals surface area contributed by atoms with Crippen molar-refractivity contribution in [1.29, 1.82) is 0 Å². The third-order valence-corrected chi connectivity index (χ3v) is 10.9. The Bertz CT molecular complexity index is 3370. The molecule has 5 heteroatoms. The van der Waals surface area contributed by atoms with E-state index >= 15 is 0 Å². The summed E-state index contributed by atoms with van der Waals surface area (Å²) in [4.78, 5) is 4.32. The Morgan fingerprint density at radius 1 is 0.365 bits per heavy atom. The fraction of sp³-hybridized carbons (Fsp3) is 0. The SMILES string of the molecule is c1cc(-n2c3ccccc3c3cc(-n4c5ccccc5c5cc(-n6c7ccccc7c7ccccc76)ccc54)ccc32)c2oc3cnccc3c2c1. The van der Waals surface area contributed by atoms with Crippen molar-refractivity contribution in [3.8, 4) is 17.1 Å². The Morgan fingerprint density at radius 3 is 1.40 bits per heavy atom. The summed E-state index contributed by atoms with van der Waals surface area (Å²) in [6.07, 6.45) is 3.63. The number of pyridine rings is 1. The lowest BCUT2D eigenvalue weighted by molar-refractivity contribution is 0.664. The van der Waals surface area contributed by atoms with Crippen LogP contribution >= 0.6 is 0 Å². The summed E-state index contributed by atoms with van der Waals surface area (Å²) in [5.41, 5.74) is 12.0. The number of furan rings is 1. The van der Waals surface area contributed by atoms with Crippen molar-refractivity contribution in [2.45, 2.75) is 0 Å². The maximum atomic E-state index is 6.48. The van der Waals surface area contributed by atoms with Gasteiger partial charge in [0.05, 0.1) is 45.0 Å². The molecule has 0 aliphatic heterocycles. The minimum atomic E-state index is 0.792. The molecule has 0 aliphatic rings. The van der Waals surface area contributed by atoms with Gasteiger partial charge in [0.2, 0.25) is 0 Å². The summed E-state index contributed by atoms with van der Waals surface area (Å²) in [6, 6.07) is 57.1. The number of fused-ring (bicyclic) bond motifs is 12. The topological polar surface area (TPSA) is 40.8 Å². The second-order valence-electron chi connectivity index (χ2n) is 13.6. The van der Waals surface area contributed by atoms with Gasteiger partial charge >= 0.3 is 0 Å². The standard InChI is InChI=1S/C47H28N4O/c1-5-15-39-31(10-1)32-11-2-6-16-40(32)49(39)29-20-22-43-37(26-29)33-12-3-7-17-41(33)50(43)30-21-23-44-38(27-30)34-13-4-8-18-42(34)51(44)45-19-9-14-36-35-24-25-48-28-46(35)52-47(36)45/h1-28H. The monoisotopic (exact) mass is 664 g/mol. The number of para-hydroxylation sites is 5. The van der Waals surface area contributed by atoms with E-state index in [1.165, 1.54) is 54.4 Å². The summed E-state index contributed by atoms with van der Waals surface area (Å²) in [5, 5.41) is 9.53. The molecule has 0 bridgehead atoms. The third kappa shape index (κ3) is 3.64. The van der Waals surface area contributed by atoms with E-state index in [4.69, 9.17) is 4.42 Å². The van der Waals surface area contributed by atoms with Gasteiger partial charge in [-0.25, -0.2) is 0 Å². The second kappa shape index (κ2) is 10.2. The summed E-state index contributed by atoms with van der Waals surface area (Å²) in [7, 11) is 0. The molecular weight excluding hydrogens is 637 g/mol. The van der Waals surface area contributed by atoms with Crippen LogP contribution in [0.25, 0.3) is 104 Å². The van der Waals surface area contributed by atoms with E-state index < -0.39 is 0 Å². The molecule has 7 aromatic carbocycles. The molecular formula is C47H28N4O. The fourth-order valence-electron chi connectivity index (χ4n) is 8.75. The molecule has 0 saturated carbocycles. The predicted octanol–water partition coefficient (Wildman–Crippen LogP) is 12.3. The molecule has 0 fully saturated rings. The first kappa shape index (κ1) is 27.7. The molecule has 5 aromatic heterocycles. The fourth-order valence-corrected chi connectivity index (χ4v) is 8.75. The number of rotatable bonds is 3. The van der Waals surface area contributed by atoms with Crippen molar-refractivity contribution in [3.05, 3.63) is 170 Å². The number of nitrogens with zero attached hydrogens (tertiary/aromatic N) is 4. The Labute approximate surface area is 296 Å². The van der Waals surface area contributed by atoms with Crippen LogP contribution in [0, 0.1) is 0 Å². The zero-order valence-electron chi connectivity index (χ0n) is 27.9. The highest BCUT2D eigenvalue weighted by atomic mass is 16.3. The first-order valence-corrected chi connectivity index (χ1v) is 17.6. The van der Waals surface area contributed by atoms with Gasteiger partial charge in [0.15, 0.2) is 11.2 Å². The van der Waals surface area contributed by atoms with E-state index in [0.29, 0.717) is 0 Å². The zero-order valence-corrected chi connectivity index (χ0v) is 27.9. The lowest BCUT2D eigenvalue weighted by Crippen LogP contribution is -1.97. The summed E-state index contributed by atoms with van der Waals surface area (Å²) in [6.45, 7) is 0. The predicted molar refractivity (Wildman–Crippen MR) is 215 cm³/mol. The van der Waals surface area contributed by atoms with Crippen molar-refractivity contribution < 1.29 is 4.42 Å². The zero-order chi connectivity index (χ0) is 33.9. The maximum Gasteiger partial charge on any atom is 0.159 e. The number of hydrogen-bond donors (Lipinski definition) is 0. The molecule has 0 aliphatic carbocycles. The van der Waals surface area contributed by atoms with Gasteiger partial charge in [0.1, 0.15) is 0 Å². The first-order valence-electron chi connectivity index (χ1n) is 17.6. The maximum absolute atomic E-state index is 6.48. The van der Waals surface area contributed by atoms with Gasteiger partial charge in [-0.05, 0) is 72.8 Å². The van der Waals surface area contributed by atoms with Gasteiger partial charge in [0.25, 0.3) is 0 Å². The molecule has 52 heavy (non-hydrogen) atoms. The molecule has 0 atom stereocenters. The first-order chi connectivity index (χ1) is 25.8. The van der Waals surface area contributed by atoms with Gasteiger partial charge in [0, 0.05) is 60.7 Å². The minimum absolute atomic E-state index is 0.792. The largest absolute Gasteiger partial charge is 0.452 e. The van der Waals surface area contributed by atoms with Gasteiger partial charge in [-0.1, -0.05) is 84.9 Å². The van der Waals surface area contributed by atoms with Gasteiger partial charge in [-0.2, -0.15) is 0 Å². The normalized spacial score (nSPS) is 12.2. The summed E-state index contributed by atoms with van der Waals surface area (Å²) < 4.78 is 13.6. The van der Waals surface area contributed by atoms with Crippen LogP contribution in [-0.2, 0) is 0 Å². The molecule has 242 valence electrons. The van der Waals surface area contributed by atoms with Crippen molar-refractivity contribution in [3.63, 3.8) is 0 Å². The molecule has 0 N–H and O–H groups in total. The van der Waals surface area contributed by atoms with Crippen LogP contribution in [-0.4, -0.2) is 18.7 Å². The molecule has 5 heterocycles. The molecule has 5 nitrogen and oxygen atoms in total. The van der Waals surface area contributed by atoms with Crippen molar-refractivity contribution in [2.75, 3.05) is 0 Å². The highest BCUT2D eigenvalue weighted by Gasteiger charge is 2.20. The Balaban J connectivity index is 1.10. The summed E-state index contributed by atoms with van der Waals surface area (Å²) >= 11 is 0. The van der Waals surface area contributed by atoms with Gasteiger partial charge in [-0.3, -0.25) is 4.98 Å². The smallest absolute Gasteiger partial charge is 0.159 e. The third-order valence-electron chi connectivity index (χ3n) is 10.9. The summed E-state index contributed by atoms with van der Waals surface area (Å²) in [5.74, 6) is 0. The van der Waals surface area contributed by atoms with Crippen molar-refractivity contribution >= 4 is 87.4 Å². The highest BCUT2D eigenvalue weighted by Crippen LogP contribution is 2.41. The van der Waals surface area contributed by atoms with E-state index in [-0.39, 0.29) is 0 Å². The van der Waals surface area contributed by atoms with Crippen LogP contribution in [0.2, 0.25) is 0 Å². The van der Waals surface area contributed by atoms with Crippen LogP contribution in [0.15, 0.2) is 175 Å². The molecule has 0 unspecified atom stereocenters. The molecule has 12 rings (SSSR count). The Morgan fingerprint density at radius 2 is 0.827 bits per heavy atom. The number of benzene rings is 7. The van der Waals surface area contributed by atoms with Crippen LogP contribution in [0.1, 0.15) is 0 Å². The minimum Gasteiger partial charge on any atom is -0.452 e. The molecule has 0 spiro atoms. The number of aromatic nitrogens is 4. The lowest BCUT2D eigenvalue weighted by Gasteiger charge is -2.11. The van der Waals surface area contributed by atoms with Crippen LogP contribution < -0.4 is 0 Å². The van der Waals surface area contributed by atoms with E-state index in [0.717, 1.165) is 50.0 Å².